The Kier molecular flexibility index (Phi) is 6.71. The van der Waals surface area contributed by atoms with Gasteiger partial charge in [0.2, 0.25) is 5.91 Å². The zero-order chi connectivity index (χ0) is 24.8. The molecule has 2 fully saturated rings. The Morgan fingerprint density at radius 2 is 2.23 bits per heavy atom. The fourth-order valence-electron chi connectivity index (χ4n) is 5.86. The van der Waals surface area contributed by atoms with Crippen molar-refractivity contribution in [1.82, 2.24) is 20.0 Å². The first kappa shape index (κ1) is 24.7. The molecule has 0 radical (unpaired) electrons. The Bertz CT molecular complexity index is 1080. The number of piperidine rings is 2. The number of nitrogens with one attached hydrogen (secondary N) is 1. The summed E-state index contributed by atoms with van der Waals surface area (Å²) in [5, 5.41) is 17.1. The minimum atomic E-state index is -4.48. The molecular formula is C24H31F3N4O3S. The molecule has 2 aromatic rings. The third-order valence-electron chi connectivity index (χ3n) is 7.59. The second kappa shape index (κ2) is 9.49. The van der Waals surface area contributed by atoms with Crippen LogP contribution in [-0.2, 0) is 47.4 Å². The minimum absolute atomic E-state index is 0.0260. The maximum atomic E-state index is 13.7. The summed E-state index contributed by atoms with van der Waals surface area (Å²) in [6.07, 6.45) is 2.50. The second-order valence-electron chi connectivity index (χ2n) is 10.0. The summed E-state index contributed by atoms with van der Waals surface area (Å²) in [4.78, 5) is 13.9. The number of hydrogen-bond donors (Lipinski definition) is 2. The van der Waals surface area contributed by atoms with Gasteiger partial charge in [0, 0.05) is 60.8 Å². The molecule has 1 spiro atoms. The summed E-state index contributed by atoms with van der Waals surface area (Å²) >= 11 is 0.756. The standard InChI is InChI=1S/C24H31F3N4O3S/c1-15-9-23(21-18(3-7-34-23)19(14-32)22(35-21)24(25,26)27)4-6-30(15)11-17-10-29-31(13-17)12-16-2-5-28-20(33)8-16/h10,13,15-16,32H,2-9,11-12,14H2,1H3,(H,28,33)/t15-,16?,23+/m0/s1. The van der Waals surface area contributed by atoms with Crippen LogP contribution < -0.4 is 5.32 Å². The Labute approximate surface area is 206 Å². The summed E-state index contributed by atoms with van der Waals surface area (Å²) < 4.78 is 49.1. The number of halogens is 3. The van der Waals surface area contributed by atoms with Crippen molar-refractivity contribution in [3.05, 3.63) is 38.8 Å². The zero-order valence-electron chi connectivity index (χ0n) is 19.7. The van der Waals surface area contributed by atoms with E-state index >= 15 is 0 Å². The fourth-order valence-corrected chi connectivity index (χ4v) is 7.27. The van der Waals surface area contributed by atoms with Crippen molar-refractivity contribution in [1.29, 1.82) is 0 Å². The molecule has 0 saturated carbocycles. The highest BCUT2D eigenvalue weighted by Gasteiger charge is 2.48. The van der Waals surface area contributed by atoms with Gasteiger partial charge in [-0.25, -0.2) is 0 Å². The van der Waals surface area contributed by atoms with Gasteiger partial charge >= 0.3 is 6.18 Å². The predicted molar refractivity (Wildman–Crippen MR) is 124 cm³/mol. The van der Waals surface area contributed by atoms with Crippen LogP contribution in [-0.4, -0.2) is 51.4 Å². The number of nitrogens with zero attached hydrogens (tertiary/aromatic N) is 3. The van der Waals surface area contributed by atoms with E-state index in [0.29, 0.717) is 68.3 Å². The van der Waals surface area contributed by atoms with E-state index in [-0.39, 0.29) is 17.5 Å². The lowest BCUT2D eigenvalue weighted by Crippen LogP contribution is -2.50. The topological polar surface area (TPSA) is 79.6 Å². The van der Waals surface area contributed by atoms with Gasteiger partial charge in [0.15, 0.2) is 0 Å². The summed E-state index contributed by atoms with van der Waals surface area (Å²) in [5.74, 6) is 0.385. The lowest BCUT2D eigenvalue weighted by molar-refractivity contribution is -0.135. The average Bonchev–Trinajstić information content (AvgIpc) is 3.41. The number of fused-ring (bicyclic) bond motifs is 2. The Morgan fingerprint density at radius 1 is 1.40 bits per heavy atom. The van der Waals surface area contributed by atoms with Gasteiger partial charge in [-0.15, -0.1) is 11.3 Å². The van der Waals surface area contributed by atoms with E-state index < -0.39 is 23.3 Å². The van der Waals surface area contributed by atoms with Crippen LogP contribution in [0.15, 0.2) is 12.4 Å². The monoisotopic (exact) mass is 512 g/mol. The van der Waals surface area contributed by atoms with Gasteiger partial charge in [-0.05, 0) is 44.1 Å². The van der Waals surface area contributed by atoms with Crippen LogP contribution in [0.1, 0.15) is 59.1 Å². The molecule has 11 heteroatoms. The molecule has 7 nitrogen and oxygen atoms in total. The first-order chi connectivity index (χ1) is 16.7. The Balaban J connectivity index is 1.27. The molecule has 3 atom stereocenters. The zero-order valence-corrected chi connectivity index (χ0v) is 20.6. The third kappa shape index (κ3) is 4.87. The Morgan fingerprint density at radius 3 is 2.94 bits per heavy atom. The number of thiophene rings is 1. The molecule has 2 aromatic heterocycles. The highest BCUT2D eigenvalue weighted by atomic mass is 32.1. The van der Waals surface area contributed by atoms with Crippen LogP contribution >= 0.6 is 11.3 Å². The number of aliphatic hydroxyl groups excluding tert-OH is 1. The van der Waals surface area contributed by atoms with Crippen molar-refractivity contribution in [2.24, 2.45) is 5.92 Å². The van der Waals surface area contributed by atoms with Crippen molar-refractivity contribution >= 4 is 17.2 Å². The summed E-state index contributed by atoms with van der Waals surface area (Å²) in [6.45, 7) is 4.69. The average molecular weight is 513 g/mol. The van der Waals surface area contributed by atoms with E-state index in [9.17, 15) is 23.1 Å². The van der Waals surface area contributed by atoms with Crippen molar-refractivity contribution in [3.63, 3.8) is 0 Å². The van der Waals surface area contributed by atoms with E-state index in [1.807, 2.05) is 17.1 Å². The predicted octanol–water partition coefficient (Wildman–Crippen LogP) is 3.43. The SMILES string of the molecule is C[C@H]1C[C@@]2(CCN1Cc1cnn(CC3CCNC(=O)C3)c1)OCCc1c2sc(C(F)(F)F)c1CO. The fraction of sp³-hybridized carbons (Fsp3) is 0.667. The minimum Gasteiger partial charge on any atom is -0.392 e. The number of amides is 1. The quantitative estimate of drug-likeness (QED) is 0.642. The van der Waals surface area contributed by atoms with Crippen molar-refractivity contribution in [2.45, 2.75) is 76.5 Å². The lowest BCUT2D eigenvalue weighted by atomic mass is 9.81. The number of alkyl halides is 3. The molecule has 0 bridgehead atoms. The molecule has 5 rings (SSSR count). The van der Waals surface area contributed by atoms with E-state index in [1.165, 1.54) is 0 Å². The number of ether oxygens (including phenoxy) is 1. The maximum Gasteiger partial charge on any atom is 0.425 e. The molecular weight excluding hydrogens is 481 g/mol. The maximum absolute atomic E-state index is 13.7. The molecule has 3 aliphatic rings. The molecule has 192 valence electrons. The van der Waals surface area contributed by atoms with Gasteiger partial charge in [0.05, 0.1) is 19.4 Å². The van der Waals surface area contributed by atoms with Crippen molar-refractivity contribution in [2.75, 3.05) is 19.7 Å². The van der Waals surface area contributed by atoms with Crippen LogP contribution in [0.4, 0.5) is 13.2 Å². The van der Waals surface area contributed by atoms with Crippen LogP contribution in [0.2, 0.25) is 0 Å². The normalized spacial score (nSPS) is 27.7. The molecule has 35 heavy (non-hydrogen) atoms. The number of likely N-dealkylation sites (tertiary alicyclic amines) is 1. The van der Waals surface area contributed by atoms with Crippen molar-refractivity contribution in [3.8, 4) is 0 Å². The van der Waals surface area contributed by atoms with E-state index in [1.54, 1.807) is 0 Å². The molecule has 0 aromatic carbocycles. The summed E-state index contributed by atoms with van der Waals surface area (Å²) in [5.41, 5.74) is 1.01. The van der Waals surface area contributed by atoms with Gasteiger partial charge in [0.1, 0.15) is 10.5 Å². The summed E-state index contributed by atoms with van der Waals surface area (Å²) in [7, 11) is 0. The first-order valence-corrected chi connectivity index (χ1v) is 13.0. The van der Waals surface area contributed by atoms with Crippen LogP contribution in [0.3, 0.4) is 0 Å². The van der Waals surface area contributed by atoms with Gasteiger partial charge in [-0.2, -0.15) is 18.3 Å². The largest absolute Gasteiger partial charge is 0.425 e. The third-order valence-corrected chi connectivity index (χ3v) is 9.10. The Hall–Kier alpha value is -1.95. The van der Waals surface area contributed by atoms with E-state index in [0.717, 1.165) is 29.9 Å². The smallest absolute Gasteiger partial charge is 0.392 e. The number of hydrogen-bond acceptors (Lipinski definition) is 6. The second-order valence-corrected chi connectivity index (χ2v) is 11.0. The van der Waals surface area contributed by atoms with Crippen molar-refractivity contribution < 1.29 is 27.8 Å². The molecule has 3 aliphatic heterocycles. The van der Waals surface area contributed by atoms with Crippen LogP contribution in [0.25, 0.3) is 0 Å². The molecule has 1 amide bonds. The number of carbonyl (C=O) groups is 1. The number of aromatic nitrogens is 2. The molecule has 2 saturated heterocycles. The molecule has 1 unspecified atom stereocenters. The number of aliphatic hydroxyl groups is 1. The highest BCUT2D eigenvalue weighted by Crippen LogP contribution is 2.51. The number of carbonyl (C=O) groups excluding carboxylic acids is 1. The van der Waals surface area contributed by atoms with Gasteiger partial charge < -0.3 is 15.2 Å². The van der Waals surface area contributed by atoms with E-state index in [2.05, 4.69) is 22.2 Å². The lowest BCUT2D eigenvalue weighted by Gasteiger charge is -2.47. The molecule has 5 heterocycles. The number of rotatable bonds is 5. The highest BCUT2D eigenvalue weighted by molar-refractivity contribution is 7.12. The molecule has 2 N–H and O–H groups in total. The van der Waals surface area contributed by atoms with Gasteiger partial charge in [0.25, 0.3) is 0 Å². The van der Waals surface area contributed by atoms with Crippen LogP contribution in [0.5, 0.6) is 0 Å². The van der Waals surface area contributed by atoms with E-state index in [4.69, 9.17) is 4.74 Å². The van der Waals surface area contributed by atoms with Gasteiger partial charge in [-0.3, -0.25) is 14.4 Å². The van der Waals surface area contributed by atoms with Gasteiger partial charge in [-0.1, -0.05) is 0 Å². The first-order valence-electron chi connectivity index (χ1n) is 12.2. The molecule has 0 aliphatic carbocycles. The van der Waals surface area contributed by atoms with Crippen LogP contribution in [0, 0.1) is 5.92 Å². The summed E-state index contributed by atoms with van der Waals surface area (Å²) in [6, 6.07) is 0.106.